The zero-order valence-corrected chi connectivity index (χ0v) is 14.2. The van der Waals surface area contributed by atoms with E-state index in [0.29, 0.717) is 23.9 Å². The highest BCUT2D eigenvalue weighted by Crippen LogP contribution is 2.25. The predicted molar refractivity (Wildman–Crippen MR) is 91.2 cm³/mol. The smallest absolute Gasteiger partial charge is 0.270 e. The molecule has 3 rings (SSSR count). The molecule has 2 N–H and O–H groups in total. The maximum atomic E-state index is 12.2. The molecule has 25 heavy (non-hydrogen) atoms. The molecular weight excluding hydrogens is 346 g/mol. The van der Waals surface area contributed by atoms with E-state index in [1.54, 1.807) is 41.0 Å². The molecule has 1 aliphatic heterocycles. The lowest BCUT2D eigenvalue weighted by Gasteiger charge is -2.38. The van der Waals surface area contributed by atoms with Gasteiger partial charge in [-0.25, -0.2) is 4.68 Å². The van der Waals surface area contributed by atoms with Crippen LogP contribution in [0.3, 0.4) is 0 Å². The fourth-order valence-corrected chi connectivity index (χ4v) is 2.65. The fourth-order valence-electron chi connectivity index (χ4n) is 2.47. The van der Waals surface area contributed by atoms with E-state index in [9.17, 15) is 9.59 Å². The SMILES string of the molecule is COc1ccc(Cl)cc1/C=C/C(=O)N1CC(n2cc(C(N)=O)nn2)C1. The van der Waals surface area contributed by atoms with Gasteiger partial charge in [0, 0.05) is 29.8 Å². The molecule has 2 heterocycles. The number of ether oxygens (including phenoxy) is 1. The molecule has 0 bridgehead atoms. The van der Waals surface area contributed by atoms with Gasteiger partial charge in [0.1, 0.15) is 5.75 Å². The van der Waals surface area contributed by atoms with Crippen LogP contribution >= 0.6 is 11.6 Å². The second kappa shape index (κ2) is 6.94. The monoisotopic (exact) mass is 361 g/mol. The first-order chi connectivity index (χ1) is 12.0. The maximum absolute atomic E-state index is 12.2. The minimum absolute atomic E-state index is 0.0151. The highest BCUT2D eigenvalue weighted by molar-refractivity contribution is 6.30. The third-order valence-electron chi connectivity index (χ3n) is 3.91. The minimum Gasteiger partial charge on any atom is -0.496 e. The number of rotatable bonds is 5. The van der Waals surface area contributed by atoms with E-state index >= 15 is 0 Å². The van der Waals surface area contributed by atoms with Gasteiger partial charge in [-0.2, -0.15) is 0 Å². The molecule has 0 radical (unpaired) electrons. The lowest BCUT2D eigenvalue weighted by molar-refractivity contribution is -0.131. The molecule has 0 saturated carbocycles. The Morgan fingerprint density at radius 1 is 1.40 bits per heavy atom. The summed E-state index contributed by atoms with van der Waals surface area (Å²) in [5, 5.41) is 8.11. The van der Waals surface area contributed by atoms with Gasteiger partial charge >= 0.3 is 0 Å². The van der Waals surface area contributed by atoms with Gasteiger partial charge in [-0.1, -0.05) is 16.8 Å². The van der Waals surface area contributed by atoms with E-state index in [0.717, 1.165) is 5.56 Å². The van der Waals surface area contributed by atoms with Gasteiger partial charge in [-0.3, -0.25) is 9.59 Å². The number of carbonyl (C=O) groups is 2. The number of halogens is 1. The van der Waals surface area contributed by atoms with Crippen LogP contribution in [0.4, 0.5) is 0 Å². The van der Waals surface area contributed by atoms with Crippen LogP contribution < -0.4 is 10.5 Å². The third-order valence-corrected chi connectivity index (χ3v) is 4.14. The topological polar surface area (TPSA) is 103 Å². The molecule has 1 fully saturated rings. The Morgan fingerprint density at radius 3 is 2.80 bits per heavy atom. The molecule has 130 valence electrons. The van der Waals surface area contributed by atoms with Crippen molar-refractivity contribution in [3.8, 4) is 5.75 Å². The normalized spacial score (nSPS) is 14.6. The molecule has 1 aromatic heterocycles. The molecule has 0 atom stereocenters. The van der Waals surface area contributed by atoms with Crippen LogP contribution in [0, 0.1) is 0 Å². The van der Waals surface area contributed by atoms with Crippen molar-refractivity contribution in [3.63, 3.8) is 0 Å². The number of nitrogens with zero attached hydrogens (tertiary/aromatic N) is 4. The lowest BCUT2D eigenvalue weighted by Crippen LogP contribution is -2.50. The Kier molecular flexibility index (Phi) is 4.71. The molecule has 9 heteroatoms. The number of methoxy groups -OCH3 is 1. The standard InChI is InChI=1S/C16H16ClN5O3/c1-25-14-4-3-11(17)6-10(14)2-5-15(23)21-7-12(8-21)22-9-13(16(18)24)19-20-22/h2-6,9,12H,7-8H2,1H3,(H2,18,24)/b5-2+. The summed E-state index contributed by atoms with van der Waals surface area (Å²) in [5.41, 5.74) is 5.98. The van der Waals surface area contributed by atoms with Crippen molar-refractivity contribution in [1.29, 1.82) is 0 Å². The summed E-state index contributed by atoms with van der Waals surface area (Å²) < 4.78 is 6.79. The Morgan fingerprint density at radius 2 is 2.16 bits per heavy atom. The van der Waals surface area contributed by atoms with Gasteiger partial charge in [0.25, 0.3) is 5.91 Å². The molecule has 1 aliphatic rings. The summed E-state index contributed by atoms with van der Waals surface area (Å²) in [6, 6.07) is 5.17. The van der Waals surface area contributed by atoms with E-state index in [4.69, 9.17) is 22.1 Å². The Labute approximate surface area is 148 Å². The summed E-state index contributed by atoms with van der Waals surface area (Å²) in [6.07, 6.45) is 4.63. The quantitative estimate of drug-likeness (QED) is 0.804. The number of hydrogen-bond acceptors (Lipinski definition) is 5. The first kappa shape index (κ1) is 17.0. The molecule has 0 aliphatic carbocycles. The number of benzene rings is 1. The van der Waals surface area contributed by atoms with Crippen molar-refractivity contribution < 1.29 is 14.3 Å². The maximum Gasteiger partial charge on any atom is 0.270 e. The van der Waals surface area contributed by atoms with Crippen molar-refractivity contribution >= 4 is 29.5 Å². The van der Waals surface area contributed by atoms with Crippen LogP contribution in [0.1, 0.15) is 22.1 Å². The second-order valence-corrected chi connectivity index (χ2v) is 6.00. The predicted octanol–water partition coefficient (Wildman–Crippen LogP) is 1.14. The van der Waals surface area contributed by atoms with Crippen molar-refractivity contribution in [2.45, 2.75) is 6.04 Å². The van der Waals surface area contributed by atoms with Crippen molar-refractivity contribution in [2.24, 2.45) is 5.73 Å². The average Bonchev–Trinajstić information content (AvgIpc) is 3.01. The number of amides is 2. The van der Waals surface area contributed by atoms with Crippen LogP contribution in [-0.4, -0.2) is 51.9 Å². The zero-order chi connectivity index (χ0) is 18.0. The second-order valence-electron chi connectivity index (χ2n) is 5.56. The molecule has 1 saturated heterocycles. The van der Waals surface area contributed by atoms with Crippen LogP contribution in [0.2, 0.25) is 5.02 Å². The largest absolute Gasteiger partial charge is 0.496 e. The molecule has 0 spiro atoms. The Hall–Kier alpha value is -2.87. The van der Waals surface area contributed by atoms with Gasteiger partial charge < -0.3 is 15.4 Å². The minimum atomic E-state index is -0.628. The van der Waals surface area contributed by atoms with Gasteiger partial charge in [0.05, 0.1) is 19.3 Å². The average molecular weight is 362 g/mol. The van der Waals surface area contributed by atoms with Crippen LogP contribution in [0.25, 0.3) is 6.08 Å². The van der Waals surface area contributed by atoms with Crippen molar-refractivity contribution in [1.82, 2.24) is 19.9 Å². The zero-order valence-electron chi connectivity index (χ0n) is 13.4. The lowest BCUT2D eigenvalue weighted by atomic mass is 10.1. The molecule has 0 unspecified atom stereocenters. The van der Waals surface area contributed by atoms with Crippen molar-refractivity contribution in [2.75, 3.05) is 20.2 Å². The number of carbonyl (C=O) groups excluding carboxylic acids is 2. The number of likely N-dealkylation sites (tertiary alicyclic amines) is 1. The highest BCUT2D eigenvalue weighted by atomic mass is 35.5. The number of nitrogens with two attached hydrogens (primary N) is 1. The first-order valence-corrected chi connectivity index (χ1v) is 7.88. The van der Waals surface area contributed by atoms with E-state index in [2.05, 4.69) is 10.3 Å². The van der Waals surface area contributed by atoms with Crippen molar-refractivity contribution in [3.05, 3.63) is 46.8 Å². The summed E-state index contributed by atoms with van der Waals surface area (Å²) in [7, 11) is 1.56. The number of primary amides is 1. The van der Waals surface area contributed by atoms with Gasteiger partial charge in [0.2, 0.25) is 5.91 Å². The fraction of sp³-hybridized carbons (Fsp3) is 0.250. The van der Waals surface area contributed by atoms with Gasteiger partial charge in [-0.15, -0.1) is 5.10 Å². The Balaban J connectivity index is 1.60. The van der Waals surface area contributed by atoms with E-state index in [1.165, 1.54) is 12.3 Å². The van der Waals surface area contributed by atoms with Gasteiger partial charge in [0.15, 0.2) is 5.69 Å². The Bertz CT molecular complexity index is 842. The molecule has 8 nitrogen and oxygen atoms in total. The van der Waals surface area contributed by atoms with E-state index < -0.39 is 5.91 Å². The van der Waals surface area contributed by atoms with Crippen LogP contribution in [0.5, 0.6) is 5.75 Å². The molecule has 2 amide bonds. The molecule has 1 aromatic carbocycles. The van der Waals surface area contributed by atoms with Crippen LogP contribution in [0.15, 0.2) is 30.5 Å². The van der Waals surface area contributed by atoms with E-state index in [1.807, 2.05) is 0 Å². The first-order valence-electron chi connectivity index (χ1n) is 7.50. The summed E-state index contributed by atoms with van der Waals surface area (Å²) in [5.74, 6) is -0.123. The summed E-state index contributed by atoms with van der Waals surface area (Å²) >= 11 is 5.97. The molecule has 2 aromatic rings. The molecular formula is C16H16ClN5O3. The summed E-state index contributed by atoms with van der Waals surface area (Å²) in [4.78, 5) is 24.9. The highest BCUT2D eigenvalue weighted by Gasteiger charge is 2.32. The number of aromatic nitrogens is 3. The van der Waals surface area contributed by atoms with E-state index in [-0.39, 0.29) is 17.6 Å². The number of hydrogen-bond donors (Lipinski definition) is 1. The van der Waals surface area contributed by atoms with Crippen LogP contribution in [-0.2, 0) is 4.79 Å². The van der Waals surface area contributed by atoms with Gasteiger partial charge in [-0.05, 0) is 24.3 Å². The third kappa shape index (κ3) is 3.63. The summed E-state index contributed by atoms with van der Waals surface area (Å²) in [6.45, 7) is 0.967.